The first-order chi connectivity index (χ1) is 31.0. The van der Waals surface area contributed by atoms with Gasteiger partial charge >= 0.3 is 24.2 Å². The zero-order chi connectivity index (χ0) is 46.8. The van der Waals surface area contributed by atoms with E-state index in [1.54, 1.807) is 51.9 Å². The van der Waals surface area contributed by atoms with Crippen LogP contribution >= 0.6 is 0 Å². The third kappa shape index (κ3) is 12.0. The molecule has 0 bridgehead atoms. The number of carbonyl (C=O) groups excluding carboxylic acids is 4. The van der Waals surface area contributed by atoms with Crippen LogP contribution in [0.1, 0.15) is 62.0 Å². The zero-order valence-corrected chi connectivity index (χ0v) is 36.7. The van der Waals surface area contributed by atoms with Gasteiger partial charge in [0.2, 0.25) is 11.3 Å². The Morgan fingerprint density at radius 1 is 0.938 bits per heavy atom. The number of hydrogen-bond acceptors (Lipinski definition) is 12. The summed E-state index contributed by atoms with van der Waals surface area (Å²) in [5, 5.41) is 19.4. The average molecular weight is 899 g/mol. The van der Waals surface area contributed by atoms with E-state index in [0.29, 0.717) is 41.9 Å². The van der Waals surface area contributed by atoms with E-state index in [0.717, 1.165) is 11.6 Å². The third-order valence-electron chi connectivity index (χ3n) is 11.0. The number of hydrogen-bond donors (Lipinski definition) is 7. The number of nitrogens with zero attached hydrogens (tertiary/aromatic N) is 4. The van der Waals surface area contributed by atoms with Gasteiger partial charge in [-0.3, -0.25) is 14.6 Å². The van der Waals surface area contributed by atoms with E-state index in [2.05, 4.69) is 26.9 Å². The van der Waals surface area contributed by atoms with Crippen LogP contribution in [0.15, 0.2) is 89.6 Å². The molecular weight excluding hydrogens is 844 g/mol. The van der Waals surface area contributed by atoms with Crippen molar-refractivity contribution in [1.82, 2.24) is 36.1 Å². The molecule has 3 aromatic carbocycles. The fraction of sp³-hybridized carbons (Fsp3) is 0.378. The number of alkyl carbamates (subject to hydrolysis) is 1. The highest BCUT2D eigenvalue weighted by Crippen LogP contribution is 2.28. The number of halogens is 1. The summed E-state index contributed by atoms with van der Waals surface area (Å²) in [5.41, 5.74) is 12.9. The molecule has 2 aliphatic heterocycles. The van der Waals surface area contributed by atoms with Crippen molar-refractivity contribution in [2.24, 2.45) is 11.1 Å². The number of nitrogens with two attached hydrogens (primary N) is 1. The number of urea groups is 1. The maximum atomic E-state index is 15.4. The molecule has 65 heavy (non-hydrogen) atoms. The number of nitrogens with one attached hydrogen (secondary N) is 5. The lowest BCUT2D eigenvalue weighted by Crippen LogP contribution is -2.51. The van der Waals surface area contributed by atoms with Crippen LogP contribution in [0.3, 0.4) is 0 Å². The van der Waals surface area contributed by atoms with Gasteiger partial charge < -0.3 is 56.1 Å². The molecule has 0 spiro atoms. The lowest BCUT2D eigenvalue weighted by Gasteiger charge is -2.35. The first kappa shape index (κ1) is 47.1. The highest BCUT2D eigenvalue weighted by atomic mass is 19.1. The number of pyridine rings is 1. The molecule has 1 fully saturated rings. The quantitative estimate of drug-likeness (QED) is 0.0763. The van der Waals surface area contributed by atoms with Crippen molar-refractivity contribution in [3.63, 3.8) is 0 Å². The topological polar surface area (TPSA) is 242 Å². The molecule has 2 aliphatic rings. The number of carbonyl (C=O) groups is 5. The molecule has 19 nitrogen and oxygen atoms in total. The molecule has 346 valence electrons. The number of benzene rings is 3. The molecule has 20 heteroatoms. The summed E-state index contributed by atoms with van der Waals surface area (Å²) in [4.78, 5) is 78.8. The van der Waals surface area contributed by atoms with E-state index in [1.165, 1.54) is 17.2 Å². The van der Waals surface area contributed by atoms with E-state index in [-0.39, 0.29) is 62.9 Å². The molecule has 1 aromatic heterocycles. The van der Waals surface area contributed by atoms with Crippen LogP contribution in [0.25, 0.3) is 10.9 Å². The monoisotopic (exact) mass is 898 g/mol. The minimum atomic E-state index is -1.38. The van der Waals surface area contributed by atoms with Crippen molar-refractivity contribution < 1.29 is 42.9 Å². The summed E-state index contributed by atoms with van der Waals surface area (Å²) in [6, 6.07) is 16.7. The number of rotatable bonds is 16. The Morgan fingerprint density at radius 3 is 2.26 bits per heavy atom. The Balaban J connectivity index is 1.04. The number of aromatic nitrogens is 1. The lowest BCUT2D eigenvalue weighted by atomic mass is 9.85. The van der Waals surface area contributed by atoms with Crippen LogP contribution in [0.5, 0.6) is 0 Å². The van der Waals surface area contributed by atoms with Crippen LogP contribution in [0, 0.1) is 11.2 Å². The average Bonchev–Trinajstić information content (AvgIpc) is 3.76. The predicted molar refractivity (Wildman–Crippen MR) is 240 cm³/mol. The first-order valence-electron chi connectivity index (χ1n) is 21.2. The van der Waals surface area contributed by atoms with Crippen LogP contribution in [-0.2, 0) is 34.0 Å². The van der Waals surface area contributed by atoms with Gasteiger partial charge in [0.1, 0.15) is 30.6 Å². The summed E-state index contributed by atoms with van der Waals surface area (Å²) in [7, 11) is 0. The van der Waals surface area contributed by atoms with Gasteiger partial charge in [0.05, 0.1) is 22.9 Å². The van der Waals surface area contributed by atoms with E-state index >= 15 is 4.39 Å². The van der Waals surface area contributed by atoms with Gasteiger partial charge in [-0.1, -0.05) is 63.2 Å². The minimum absolute atomic E-state index is 0.0230. The Morgan fingerprint density at radius 2 is 1.62 bits per heavy atom. The molecule has 3 heterocycles. The number of anilines is 2. The maximum Gasteiger partial charge on any atom is 0.410 e. The molecular formula is C45H55FN10O9. The summed E-state index contributed by atoms with van der Waals surface area (Å²) < 4.78 is 28.0. The van der Waals surface area contributed by atoms with Crippen LogP contribution < -0.4 is 43.0 Å². The second kappa shape index (κ2) is 20.9. The summed E-state index contributed by atoms with van der Waals surface area (Å²) in [6.07, 6.45) is 2.52. The summed E-state index contributed by atoms with van der Waals surface area (Å²) in [6.45, 7) is 9.38. The molecule has 0 unspecified atom stereocenters. The number of carboxylic acid groups (broad SMARTS) is 1. The second-order valence-electron chi connectivity index (χ2n) is 16.7. The van der Waals surface area contributed by atoms with Crippen LogP contribution in [0.2, 0.25) is 0 Å². The van der Waals surface area contributed by atoms with Gasteiger partial charge in [-0.05, 0) is 60.6 Å². The SMILES string of the molecule is CCn1cc(C(=O)O)c(=O)c2cc(F)c(N3CCN(C(=O)OCc4ccc(NC(=O)[C@H](CCCNC(N)=O)N5C=C([C@@H](NC(=O)OCc6ccccc6)C(C)(C)C)NN5)cc4)CC3)cc21. The molecule has 1 saturated heterocycles. The van der Waals surface area contributed by atoms with Gasteiger partial charge in [-0.15, -0.1) is 5.53 Å². The second-order valence-corrected chi connectivity index (χ2v) is 16.7. The van der Waals surface area contributed by atoms with Gasteiger partial charge in [-0.2, -0.15) is 0 Å². The van der Waals surface area contributed by atoms with Gasteiger partial charge in [0, 0.05) is 62.7 Å². The molecule has 8 N–H and O–H groups in total. The molecule has 6 rings (SSSR count). The number of primary amides is 1. The number of ether oxygens (including phenoxy) is 2. The molecule has 0 aliphatic carbocycles. The molecule has 4 aromatic rings. The van der Waals surface area contributed by atoms with Gasteiger partial charge in [0.15, 0.2) is 0 Å². The number of aryl methyl sites for hydroxylation is 1. The van der Waals surface area contributed by atoms with Crippen molar-refractivity contribution in [3.05, 3.63) is 118 Å². The number of amides is 5. The van der Waals surface area contributed by atoms with Crippen molar-refractivity contribution in [2.75, 3.05) is 42.9 Å². The molecule has 0 radical (unpaired) electrons. The van der Waals surface area contributed by atoms with E-state index < -0.39 is 58.5 Å². The van der Waals surface area contributed by atoms with Crippen molar-refractivity contribution in [1.29, 1.82) is 0 Å². The number of piperazine rings is 1. The Labute approximate surface area is 374 Å². The molecule has 0 saturated carbocycles. The molecule has 2 atom stereocenters. The van der Waals surface area contributed by atoms with Gasteiger partial charge in [0.25, 0.3) is 0 Å². The maximum absolute atomic E-state index is 15.4. The van der Waals surface area contributed by atoms with Crippen molar-refractivity contribution in [2.45, 2.75) is 72.4 Å². The zero-order valence-electron chi connectivity index (χ0n) is 36.7. The number of fused-ring (bicyclic) bond motifs is 1. The number of hydrazine groups is 2. The standard InChI is InChI=1S/C45H55FN10O9/c1-5-53-24-32(41(59)60)38(57)31-22-33(46)37(23-36(31)53)54-18-20-55(21-19-54)44(63)65-27-29-13-15-30(16-14-29)49-40(58)35(12-9-17-48-42(47)61)56-25-34(51-52-56)39(45(2,3)4)50-43(62)64-26-28-10-7-6-8-11-28/h6-8,10-11,13-16,22-25,35,39,51-52H,5,9,12,17-21,26-27H2,1-4H3,(H,49,58)(H,50,62)(H,59,60)(H3,47,48,61)/t35-,39+/m0/s1. The first-order valence-corrected chi connectivity index (χ1v) is 21.2. The molecule has 5 amide bonds. The van der Waals surface area contributed by atoms with E-state index in [9.17, 15) is 33.9 Å². The Hall–Kier alpha value is -7.35. The smallest absolute Gasteiger partial charge is 0.410 e. The number of carboxylic acids is 1. The lowest BCUT2D eigenvalue weighted by molar-refractivity contribution is -0.121. The predicted octanol–water partition coefficient (Wildman–Crippen LogP) is 4.58. The Bertz CT molecular complexity index is 2470. The van der Waals surface area contributed by atoms with Gasteiger partial charge in [-0.25, -0.2) is 23.6 Å². The highest BCUT2D eigenvalue weighted by molar-refractivity contribution is 5.95. The van der Waals surface area contributed by atoms with E-state index in [1.807, 2.05) is 51.1 Å². The summed E-state index contributed by atoms with van der Waals surface area (Å²) in [5.74, 6) is -2.42. The summed E-state index contributed by atoms with van der Waals surface area (Å²) >= 11 is 0. The number of aromatic carboxylic acids is 1. The van der Waals surface area contributed by atoms with Crippen LogP contribution in [0.4, 0.5) is 30.1 Å². The normalized spacial score (nSPS) is 14.8. The largest absolute Gasteiger partial charge is 0.477 e. The minimum Gasteiger partial charge on any atom is -0.477 e. The Kier molecular flexibility index (Phi) is 15.1. The highest BCUT2D eigenvalue weighted by Gasteiger charge is 2.36. The third-order valence-corrected chi connectivity index (χ3v) is 11.0. The van der Waals surface area contributed by atoms with Crippen molar-refractivity contribution >= 4 is 52.4 Å². The van der Waals surface area contributed by atoms with Crippen LogP contribution in [-0.4, -0.2) is 94.5 Å². The fourth-order valence-electron chi connectivity index (χ4n) is 7.54. The van der Waals surface area contributed by atoms with E-state index in [4.69, 9.17) is 15.2 Å². The fourth-order valence-corrected chi connectivity index (χ4v) is 7.54. The van der Waals surface area contributed by atoms with Crippen molar-refractivity contribution in [3.8, 4) is 0 Å².